The fourth-order valence-electron chi connectivity index (χ4n) is 3.81. The van der Waals surface area contributed by atoms with Gasteiger partial charge in [0.25, 0.3) is 0 Å². The molecule has 0 heteroatoms. The second kappa shape index (κ2) is 2.24. The largest absolute Gasteiger partial charge is 0.0528 e. The molecule has 4 bridgehead atoms. The van der Waals surface area contributed by atoms with Crippen LogP contribution in [-0.4, -0.2) is 0 Å². The predicted octanol–water partition coefficient (Wildman–Crippen LogP) is 3.22. The Hall–Kier alpha value is 0. The topological polar surface area (TPSA) is 0 Å². The average molecular weight is 150 g/mol. The van der Waals surface area contributed by atoms with Gasteiger partial charge in [0.1, 0.15) is 0 Å². The van der Waals surface area contributed by atoms with Gasteiger partial charge in [-0.2, -0.15) is 0 Å². The second-order valence-corrected chi connectivity index (χ2v) is 5.13. The third kappa shape index (κ3) is 0.947. The summed E-state index contributed by atoms with van der Waals surface area (Å²) in [5.74, 6) is 4.69. The van der Waals surface area contributed by atoms with Crippen LogP contribution in [0.1, 0.15) is 44.9 Å². The van der Waals surface area contributed by atoms with Crippen LogP contribution in [0.2, 0.25) is 0 Å². The molecule has 4 aliphatic rings. The molecule has 0 amide bonds. The third-order valence-corrected chi connectivity index (χ3v) is 4.43. The van der Waals surface area contributed by atoms with Gasteiger partial charge in [-0.05, 0) is 49.4 Å². The lowest BCUT2D eigenvalue weighted by Crippen LogP contribution is -2.26. The molecule has 0 spiro atoms. The first-order chi connectivity index (χ1) is 5.42. The van der Waals surface area contributed by atoms with Crippen LogP contribution in [0.3, 0.4) is 0 Å². The van der Waals surface area contributed by atoms with Crippen LogP contribution in [0.4, 0.5) is 0 Å². The highest BCUT2D eigenvalue weighted by Crippen LogP contribution is 2.53. The molecular formula is C11H18. The summed E-state index contributed by atoms with van der Waals surface area (Å²) in [5.41, 5.74) is 0. The number of rotatable bonds is 0. The van der Waals surface area contributed by atoms with Gasteiger partial charge in [0.05, 0.1) is 0 Å². The van der Waals surface area contributed by atoms with Gasteiger partial charge in [0.15, 0.2) is 0 Å². The van der Waals surface area contributed by atoms with Gasteiger partial charge in [-0.15, -0.1) is 0 Å². The van der Waals surface area contributed by atoms with Crippen molar-refractivity contribution in [3.05, 3.63) is 0 Å². The first-order valence-electron chi connectivity index (χ1n) is 5.42. The van der Waals surface area contributed by atoms with Gasteiger partial charge in [-0.3, -0.25) is 0 Å². The van der Waals surface area contributed by atoms with Crippen molar-refractivity contribution in [1.82, 2.24) is 0 Å². The zero-order chi connectivity index (χ0) is 7.26. The molecule has 62 valence electrons. The van der Waals surface area contributed by atoms with E-state index in [0.717, 1.165) is 5.92 Å². The molecule has 2 atom stereocenters. The lowest BCUT2D eigenvalue weighted by atomic mass is 9.69. The van der Waals surface area contributed by atoms with Crippen molar-refractivity contribution < 1.29 is 0 Å². The molecule has 4 rings (SSSR count). The Morgan fingerprint density at radius 2 is 1.45 bits per heavy atom. The maximum absolute atomic E-state index is 1.61. The van der Waals surface area contributed by atoms with Crippen molar-refractivity contribution in [3.8, 4) is 0 Å². The zero-order valence-corrected chi connectivity index (χ0v) is 7.26. The summed E-state index contributed by atoms with van der Waals surface area (Å²) in [6, 6.07) is 0. The Kier molecular flexibility index (Phi) is 1.33. The van der Waals surface area contributed by atoms with Crippen molar-refractivity contribution in [2.75, 3.05) is 0 Å². The zero-order valence-electron chi connectivity index (χ0n) is 7.26. The minimum absolute atomic E-state index is 1.16. The fraction of sp³-hybridized carbons (Fsp3) is 1.00. The van der Waals surface area contributed by atoms with E-state index in [-0.39, 0.29) is 0 Å². The van der Waals surface area contributed by atoms with E-state index in [1.54, 1.807) is 44.9 Å². The summed E-state index contributed by atoms with van der Waals surface area (Å²) in [6.45, 7) is 0. The van der Waals surface area contributed by atoms with Crippen LogP contribution in [-0.2, 0) is 0 Å². The molecule has 0 heterocycles. The summed E-state index contributed by atoms with van der Waals surface area (Å²) in [5, 5.41) is 0. The standard InChI is InChI=1S/C11H18/c1-2-8-4-9-6-11(7-9)10(3-1)5-8/h8-11H,1-7H2. The predicted molar refractivity (Wildman–Crippen MR) is 46.3 cm³/mol. The van der Waals surface area contributed by atoms with E-state index in [1.807, 2.05) is 0 Å². The van der Waals surface area contributed by atoms with Gasteiger partial charge in [-0.25, -0.2) is 0 Å². The van der Waals surface area contributed by atoms with Crippen LogP contribution < -0.4 is 0 Å². The quantitative estimate of drug-likeness (QED) is 0.497. The van der Waals surface area contributed by atoms with E-state index in [9.17, 15) is 0 Å². The maximum Gasteiger partial charge on any atom is -0.0380 e. The Labute approximate surface area is 69.4 Å². The van der Waals surface area contributed by atoms with Crippen molar-refractivity contribution in [1.29, 1.82) is 0 Å². The van der Waals surface area contributed by atoms with Gasteiger partial charge < -0.3 is 0 Å². The fourth-order valence-corrected chi connectivity index (χ4v) is 3.81. The SMILES string of the molecule is C1CC2CC3CC(C3)C(C1)C2. The first kappa shape index (κ1) is 6.51. The molecule has 0 aliphatic heterocycles. The summed E-state index contributed by atoms with van der Waals surface area (Å²) in [4.78, 5) is 0. The Morgan fingerprint density at radius 1 is 0.636 bits per heavy atom. The normalized spacial score (nSPS) is 54.5. The Bertz CT molecular complexity index is 155. The van der Waals surface area contributed by atoms with Crippen LogP contribution in [0, 0.1) is 23.7 Å². The van der Waals surface area contributed by atoms with Crippen molar-refractivity contribution in [3.63, 3.8) is 0 Å². The number of hydrogen-bond acceptors (Lipinski definition) is 0. The molecule has 4 saturated carbocycles. The monoisotopic (exact) mass is 150 g/mol. The molecule has 0 aromatic rings. The highest BCUT2D eigenvalue weighted by Gasteiger charge is 2.42. The lowest BCUT2D eigenvalue weighted by Gasteiger charge is -2.37. The molecular weight excluding hydrogens is 132 g/mol. The smallest absolute Gasteiger partial charge is 0.0380 e. The van der Waals surface area contributed by atoms with E-state index in [1.165, 1.54) is 17.8 Å². The van der Waals surface area contributed by atoms with E-state index in [2.05, 4.69) is 0 Å². The highest BCUT2D eigenvalue weighted by atomic mass is 14.5. The van der Waals surface area contributed by atoms with E-state index < -0.39 is 0 Å². The van der Waals surface area contributed by atoms with Crippen LogP contribution in [0.5, 0.6) is 0 Å². The van der Waals surface area contributed by atoms with Crippen molar-refractivity contribution in [2.24, 2.45) is 23.7 Å². The third-order valence-electron chi connectivity index (χ3n) is 4.43. The summed E-state index contributed by atoms with van der Waals surface area (Å²) in [7, 11) is 0. The molecule has 0 N–H and O–H groups in total. The molecule has 0 radical (unpaired) electrons. The average Bonchev–Trinajstić information content (AvgIpc) is 2.12. The Balaban J connectivity index is 1.82. The van der Waals surface area contributed by atoms with Gasteiger partial charge in [0, 0.05) is 0 Å². The summed E-state index contributed by atoms with van der Waals surface area (Å²) >= 11 is 0. The summed E-state index contributed by atoms with van der Waals surface area (Å²) < 4.78 is 0. The van der Waals surface area contributed by atoms with Gasteiger partial charge in [-0.1, -0.05) is 19.3 Å². The first-order valence-corrected chi connectivity index (χ1v) is 5.42. The second-order valence-electron chi connectivity index (χ2n) is 5.13. The van der Waals surface area contributed by atoms with Crippen LogP contribution >= 0.6 is 0 Å². The lowest BCUT2D eigenvalue weighted by molar-refractivity contribution is 0.138. The van der Waals surface area contributed by atoms with Crippen molar-refractivity contribution in [2.45, 2.75) is 44.9 Å². The van der Waals surface area contributed by atoms with Crippen LogP contribution in [0.15, 0.2) is 0 Å². The highest BCUT2D eigenvalue weighted by molar-refractivity contribution is 4.92. The van der Waals surface area contributed by atoms with Crippen LogP contribution in [0.25, 0.3) is 0 Å². The van der Waals surface area contributed by atoms with E-state index >= 15 is 0 Å². The minimum Gasteiger partial charge on any atom is -0.0528 e. The molecule has 4 fully saturated rings. The minimum atomic E-state index is 1.16. The maximum atomic E-state index is 1.61. The Morgan fingerprint density at radius 3 is 2.36 bits per heavy atom. The van der Waals surface area contributed by atoms with E-state index in [4.69, 9.17) is 0 Å². The molecule has 0 nitrogen and oxygen atoms in total. The molecule has 11 heavy (non-hydrogen) atoms. The van der Waals surface area contributed by atoms with E-state index in [0.29, 0.717) is 0 Å². The number of hydrogen-bond donors (Lipinski definition) is 0. The molecule has 0 aromatic carbocycles. The van der Waals surface area contributed by atoms with Gasteiger partial charge >= 0.3 is 0 Å². The molecule has 0 aromatic heterocycles. The summed E-state index contributed by atoms with van der Waals surface area (Å²) in [6.07, 6.45) is 11.1. The molecule has 4 aliphatic carbocycles. The van der Waals surface area contributed by atoms with Gasteiger partial charge in [0.2, 0.25) is 0 Å². The molecule has 2 unspecified atom stereocenters. The molecule has 0 saturated heterocycles. The van der Waals surface area contributed by atoms with Crippen molar-refractivity contribution >= 4 is 0 Å².